The van der Waals surface area contributed by atoms with Gasteiger partial charge in [-0.3, -0.25) is 0 Å². The summed E-state index contributed by atoms with van der Waals surface area (Å²) in [7, 11) is 0. The lowest BCUT2D eigenvalue weighted by Gasteiger charge is -2.21. The molecule has 1 unspecified atom stereocenters. The molecule has 7 heteroatoms. The first-order valence-electron chi connectivity index (χ1n) is 5.45. The number of alkyl carbamates (subject to hydrolysis) is 1. The molecule has 18 heavy (non-hydrogen) atoms. The molecular formula is C11H16N4O3. The highest BCUT2D eigenvalue weighted by Gasteiger charge is 2.19. The van der Waals surface area contributed by atoms with E-state index in [9.17, 15) is 4.79 Å². The fourth-order valence-corrected chi connectivity index (χ4v) is 1.21. The second-order valence-electron chi connectivity index (χ2n) is 4.79. The highest BCUT2D eigenvalue weighted by atomic mass is 16.6. The Labute approximate surface area is 105 Å². The maximum absolute atomic E-state index is 11.5. The maximum atomic E-state index is 11.5. The van der Waals surface area contributed by atoms with Gasteiger partial charge in [0.05, 0.1) is 0 Å². The van der Waals surface area contributed by atoms with Crippen LogP contribution in [0.15, 0.2) is 21.7 Å². The lowest BCUT2D eigenvalue weighted by atomic mass is 10.1. The van der Waals surface area contributed by atoms with Crippen molar-refractivity contribution in [1.29, 1.82) is 0 Å². The summed E-state index contributed by atoms with van der Waals surface area (Å²) in [6.45, 7) is 7.23. The molecule has 1 aromatic heterocycles. The van der Waals surface area contributed by atoms with Gasteiger partial charge < -0.3 is 14.5 Å². The molecule has 0 aromatic carbocycles. The number of carbonyl (C=O) groups excluding carboxylic acids is 1. The summed E-state index contributed by atoms with van der Waals surface area (Å²) in [5.74, 6) is 0.556. The first-order chi connectivity index (χ1) is 8.31. The van der Waals surface area contributed by atoms with E-state index in [0.717, 1.165) is 0 Å². The third kappa shape index (κ3) is 4.39. The zero-order valence-electron chi connectivity index (χ0n) is 10.8. The predicted octanol–water partition coefficient (Wildman–Crippen LogP) is 3.81. The minimum Gasteiger partial charge on any atom is -0.455 e. The molecule has 1 rings (SSSR count). The highest BCUT2D eigenvalue weighted by molar-refractivity contribution is 5.68. The van der Waals surface area contributed by atoms with Crippen LogP contribution in [-0.2, 0) is 4.74 Å². The number of nitrogens with zero attached hydrogens (tertiary/aromatic N) is 3. The van der Waals surface area contributed by atoms with E-state index in [4.69, 9.17) is 14.7 Å². The van der Waals surface area contributed by atoms with E-state index in [1.807, 2.05) is 20.8 Å². The second-order valence-corrected chi connectivity index (χ2v) is 4.79. The molecule has 0 saturated carbocycles. The minimum atomic E-state index is -0.560. The van der Waals surface area contributed by atoms with Crippen LogP contribution in [0.3, 0.4) is 0 Å². The maximum Gasteiger partial charge on any atom is 0.408 e. The molecule has 1 atom stereocenters. The SMILES string of the molecule is CC(OC(=O)NC(C)(C)C)c1ccc(N=[N+]=[N-])o1. The van der Waals surface area contributed by atoms with Crippen molar-refractivity contribution in [2.45, 2.75) is 39.3 Å². The molecule has 0 aliphatic carbocycles. The quantitative estimate of drug-likeness (QED) is 0.502. The average molecular weight is 252 g/mol. The van der Waals surface area contributed by atoms with Crippen LogP contribution in [0.1, 0.15) is 39.6 Å². The molecule has 0 aliphatic heterocycles. The number of hydrogen-bond acceptors (Lipinski definition) is 4. The molecule has 1 amide bonds. The first kappa shape index (κ1) is 13.9. The Morgan fingerprint density at radius 1 is 1.56 bits per heavy atom. The van der Waals surface area contributed by atoms with E-state index in [1.54, 1.807) is 13.0 Å². The largest absolute Gasteiger partial charge is 0.455 e. The van der Waals surface area contributed by atoms with Crippen LogP contribution in [0, 0.1) is 0 Å². The van der Waals surface area contributed by atoms with Gasteiger partial charge in [-0.25, -0.2) is 4.79 Å². The van der Waals surface area contributed by atoms with Crippen molar-refractivity contribution in [2.75, 3.05) is 0 Å². The Balaban J connectivity index is 2.61. The van der Waals surface area contributed by atoms with Crippen LogP contribution in [0.25, 0.3) is 10.4 Å². The van der Waals surface area contributed by atoms with Crippen molar-refractivity contribution in [3.63, 3.8) is 0 Å². The van der Waals surface area contributed by atoms with E-state index >= 15 is 0 Å². The Morgan fingerprint density at radius 2 is 2.22 bits per heavy atom. The number of hydrogen-bond donors (Lipinski definition) is 1. The third-order valence-electron chi connectivity index (χ3n) is 1.92. The molecule has 98 valence electrons. The number of ether oxygens (including phenoxy) is 1. The van der Waals surface area contributed by atoms with Crippen LogP contribution in [-0.4, -0.2) is 11.6 Å². The molecule has 0 saturated heterocycles. The van der Waals surface area contributed by atoms with Gasteiger partial charge in [-0.1, -0.05) is 0 Å². The highest BCUT2D eigenvalue weighted by Crippen LogP contribution is 2.24. The Morgan fingerprint density at radius 3 is 2.78 bits per heavy atom. The third-order valence-corrected chi connectivity index (χ3v) is 1.92. The molecule has 0 spiro atoms. The normalized spacial score (nSPS) is 12.4. The Bertz CT molecular complexity index is 469. The number of rotatable bonds is 3. The molecule has 1 aromatic rings. The molecule has 0 aliphatic rings. The van der Waals surface area contributed by atoms with Gasteiger partial charge in [0.1, 0.15) is 5.76 Å². The smallest absolute Gasteiger partial charge is 0.408 e. The van der Waals surface area contributed by atoms with Crippen molar-refractivity contribution in [2.24, 2.45) is 5.11 Å². The number of azide groups is 1. The Kier molecular flexibility index (Phi) is 4.23. The Hall–Kier alpha value is -2.14. The van der Waals surface area contributed by atoms with Gasteiger partial charge in [0.25, 0.3) is 0 Å². The van der Waals surface area contributed by atoms with Gasteiger partial charge in [0.2, 0.25) is 0 Å². The van der Waals surface area contributed by atoms with E-state index in [1.165, 1.54) is 6.07 Å². The molecule has 0 bridgehead atoms. The summed E-state index contributed by atoms with van der Waals surface area (Å²) in [6.07, 6.45) is -1.09. The molecule has 1 N–H and O–H groups in total. The van der Waals surface area contributed by atoms with E-state index in [2.05, 4.69) is 15.3 Å². The van der Waals surface area contributed by atoms with Crippen LogP contribution in [0.2, 0.25) is 0 Å². The van der Waals surface area contributed by atoms with E-state index in [0.29, 0.717) is 5.76 Å². The molecule has 0 fully saturated rings. The summed E-state index contributed by atoms with van der Waals surface area (Å²) in [5, 5.41) is 5.97. The van der Waals surface area contributed by atoms with E-state index in [-0.39, 0.29) is 11.4 Å². The molecule has 7 nitrogen and oxygen atoms in total. The van der Waals surface area contributed by atoms with Crippen molar-refractivity contribution >= 4 is 12.0 Å². The van der Waals surface area contributed by atoms with Crippen molar-refractivity contribution in [1.82, 2.24) is 5.32 Å². The molecule has 0 radical (unpaired) electrons. The number of nitrogens with one attached hydrogen (secondary N) is 1. The van der Waals surface area contributed by atoms with Crippen molar-refractivity contribution in [3.05, 3.63) is 28.3 Å². The average Bonchev–Trinajstić information content (AvgIpc) is 2.63. The summed E-state index contributed by atoms with van der Waals surface area (Å²) in [5.41, 5.74) is 7.88. The molecule has 1 heterocycles. The number of furan rings is 1. The summed E-state index contributed by atoms with van der Waals surface area (Å²) < 4.78 is 10.3. The van der Waals surface area contributed by atoms with Gasteiger partial charge in [-0.2, -0.15) is 0 Å². The van der Waals surface area contributed by atoms with Gasteiger partial charge in [-0.15, -0.1) is 0 Å². The lowest BCUT2D eigenvalue weighted by molar-refractivity contribution is 0.0890. The predicted molar refractivity (Wildman–Crippen MR) is 65.3 cm³/mol. The van der Waals surface area contributed by atoms with Crippen molar-refractivity contribution < 1.29 is 13.9 Å². The zero-order chi connectivity index (χ0) is 13.8. The van der Waals surface area contributed by atoms with Crippen LogP contribution in [0.4, 0.5) is 10.7 Å². The summed E-state index contributed by atoms with van der Waals surface area (Å²) in [4.78, 5) is 14.1. The lowest BCUT2D eigenvalue weighted by Crippen LogP contribution is -2.41. The fourth-order valence-electron chi connectivity index (χ4n) is 1.21. The van der Waals surface area contributed by atoms with Gasteiger partial charge in [0.15, 0.2) is 12.0 Å². The van der Waals surface area contributed by atoms with Gasteiger partial charge in [0, 0.05) is 10.5 Å². The zero-order valence-corrected chi connectivity index (χ0v) is 10.8. The molecular weight excluding hydrogens is 236 g/mol. The number of amides is 1. The number of carbonyl (C=O) groups is 1. The summed E-state index contributed by atoms with van der Waals surface area (Å²) in [6, 6.07) is 3.11. The minimum absolute atomic E-state index is 0.138. The van der Waals surface area contributed by atoms with Gasteiger partial charge in [-0.05, 0) is 50.5 Å². The second kappa shape index (κ2) is 5.46. The van der Waals surface area contributed by atoms with Gasteiger partial charge >= 0.3 is 6.09 Å². The monoisotopic (exact) mass is 252 g/mol. The van der Waals surface area contributed by atoms with Crippen LogP contribution in [0.5, 0.6) is 0 Å². The fraction of sp³-hybridized carbons (Fsp3) is 0.545. The van der Waals surface area contributed by atoms with Crippen molar-refractivity contribution in [3.8, 4) is 0 Å². The summed E-state index contributed by atoms with van der Waals surface area (Å²) >= 11 is 0. The van der Waals surface area contributed by atoms with Crippen LogP contribution < -0.4 is 5.32 Å². The van der Waals surface area contributed by atoms with E-state index < -0.39 is 12.2 Å². The van der Waals surface area contributed by atoms with Crippen LogP contribution >= 0.6 is 0 Å². The standard InChI is InChI=1S/C11H16N4O3/c1-7(17-10(16)13-11(2,3)4)8-5-6-9(18-8)14-15-12/h5-7H,1-4H3,(H,13,16). The topological polar surface area (TPSA) is 100 Å². The first-order valence-corrected chi connectivity index (χ1v) is 5.45.